The predicted molar refractivity (Wildman–Crippen MR) is 110 cm³/mol. The van der Waals surface area contributed by atoms with E-state index in [4.69, 9.17) is 0 Å². The molecule has 1 heterocycles. The third kappa shape index (κ3) is 3.89. The van der Waals surface area contributed by atoms with E-state index in [0.717, 1.165) is 22.0 Å². The lowest BCUT2D eigenvalue weighted by atomic mass is 10.1. The molecule has 1 N–H and O–H groups in total. The van der Waals surface area contributed by atoms with Crippen molar-refractivity contribution in [2.75, 3.05) is 5.75 Å². The van der Waals surface area contributed by atoms with Crippen LogP contribution >= 0.6 is 11.8 Å². The van der Waals surface area contributed by atoms with Crippen molar-refractivity contribution in [2.24, 2.45) is 0 Å². The largest absolute Gasteiger partial charge is 0.349 e. The average Bonchev–Trinajstić information content (AvgIpc) is 3.21. The van der Waals surface area contributed by atoms with Crippen LogP contribution in [0.4, 0.5) is 0 Å². The maximum atomic E-state index is 12.4. The summed E-state index contributed by atoms with van der Waals surface area (Å²) in [7, 11) is 0. The zero-order valence-corrected chi connectivity index (χ0v) is 16.1. The van der Waals surface area contributed by atoms with E-state index in [-0.39, 0.29) is 17.7 Å². The van der Waals surface area contributed by atoms with Gasteiger partial charge in [-0.2, -0.15) is 4.68 Å². The second kappa shape index (κ2) is 8.22. The summed E-state index contributed by atoms with van der Waals surface area (Å²) in [5.41, 5.74) is 1.96. The normalized spacial score (nSPS) is 12.0. The summed E-state index contributed by atoms with van der Waals surface area (Å²) < 4.78 is 1.68. The Bertz CT molecular complexity index is 1090. The summed E-state index contributed by atoms with van der Waals surface area (Å²) in [5.74, 6) is 0.177. The van der Waals surface area contributed by atoms with Crippen LogP contribution in [0.5, 0.6) is 0 Å². The molecule has 0 aliphatic heterocycles. The fourth-order valence-corrected chi connectivity index (χ4v) is 3.75. The summed E-state index contributed by atoms with van der Waals surface area (Å²) in [6.07, 6.45) is 0. The number of aromatic nitrogens is 4. The number of nitrogens with one attached hydrogen (secondary N) is 1. The minimum absolute atomic E-state index is 0.0524. The molecule has 1 aromatic heterocycles. The number of benzene rings is 3. The Morgan fingerprint density at radius 1 is 1.04 bits per heavy atom. The Morgan fingerprint density at radius 3 is 2.64 bits per heavy atom. The lowest BCUT2D eigenvalue weighted by molar-refractivity contribution is -0.119. The highest BCUT2D eigenvalue weighted by Crippen LogP contribution is 2.25. The van der Waals surface area contributed by atoms with Crippen molar-refractivity contribution in [3.63, 3.8) is 0 Å². The number of hydrogen-bond donors (Lipinski definition) is 1. The fourth-order valence-electron chi connectivity index (χ4n) is 3.05. The van der Waals surface area contributed by atoms with Crippen LogP contribution in [0, 0.1) is 0 Å². The molecule has 0 aliphatic carbocycles. The summed E-state index contributed by atoms with van der Waals surface area (Å²) >= 11 is 1.32. The minimum Gasteiger partial charge on any atom is -0.349 e. The maximum Gasteiger partial charge on any atom is 0.230 e. The zero-order chi connectivity index (χ0) is 19.3. The van der Waals surface area contributed by atoms with Crippen molar-refractivity contribution >= 4 is 28.4 Å². The standard InChI is InChI=1S/C21H19N5OS/c1-15(16-8-3-2-4-9-16)22-20(27)14-28-21-23-24-25-26(21)19-13-7-11-17-10-5-6-12-18(17)19/h2-13,15H,14H2,1H3,(H,22,27)/t15-/m1/s1. The van der Waals surface area contributed by atoms with Crippen LogP contribution < -0.4 is 5.32 Å². The van der Waals surface area contributed by atoms with Crippen molar-refractivity contribution in [2.45, 2.75) is 18.1 Å². The van der Waals surface area contributed by atoms with E-state index in [0.29, 0.717) is 5.16 Å². The molecule has 0 spiro atoms. The Kier molecular flexibility index (Phi) is 5.34. The van der Waals surface area contributed by atoms with Crippen molar-refractivity contribution in [3.05, 3.63) is 78.4 Å². The van der Waals surface area contributed by atoms with Gasteiger partial charge in [-0.3, -0.25) is 4.79 Å². The molecule has 6 nitrogen and oxygen atoms in total. The summed E-state index contributed by atoms with van der Waals surface area (Å²) in [4.78, 5) is 12.4. The van der Waals surface area contributed by atoms with E-state index in [1.807, 2.05) is 67.6 Å². The van der Waals surface area contributed by atoms with E-state index in [9.17, 15) is 4.79 Å². The lowest BCUT2D eigenvalue weighted by Gasteiger charge is -2.14. The first kappa shape index (κ1) is 18.2. The number of carbonyl (C=O) groups excluding carboxylic acids is 1. The molecular weight excluding hydrogens is 370 g/mol. The SMILES string of the molecule is C[C@@H](NC(=O)CSc1nnnn1-c1cccc2ccccc12)c1ccccc1. The quantitative estimate of drug-likeness (QED) is 0.508. The topological polar surface area (TPSA) is 72.7 Å². The van der Waals surface area contributed by atoms with Gasteiger partial charge in [-0.05, 0) is 34.4 Å². The smallest absolute Gasteiger partial charge is 0.230 e. The molecule has 1 atom stereocenters. The Labute approximate surface area is 167 Å². The summed E-state index contributed by atoms with van der Waals surface area (Å²) in [6.45, 7) is 1.97. The number of fused-ring (bicyclic) bond motifs is 1. The van der Waals surface area contributed by atoms with Gasteiger partial charge in [-0.15, -0.1) is 5.10 Å². The van der Waals surface area contributed by atoms with Gasteiger partial charge in [0.2, 0.25) is 11.1 Å². The molecule has 7 heteroatoms. The highest BCUT2D eigenvalue weighted by Gasteiger charge is 2.15. The second-order valence-electron chi connectivity index (χ2n) is 6.36. The third-order valence-corrected chi connectivity index (χ3v) is 5.36. The molecule has 0 unspecified atom stereocenters. The molecule has 4 rings (SSSR count). The molecule has 0 radical (unpaired) electrons. The number of rotatable bonds is 6. The van der Waals surface area contributed by atoms with Gasteiger partial charge in [-0.1, -0.05) is 78.5 Å². The summed E-state index contributed by atoms with van der Waals surface area (Å²) in [6, 6.07) is 23.9. The molecule has 3 aromatic carbocycles. The molecule has 0 fully saturated rings. The van der Waals surface area contributed by atoms with Crippen molar-refractivity contribution < 1.29 is 4.79 Å². The van der Waals surface area contributed by atoms with Crippen LogP contribution in [-0.2, 0) is 4.79 Å². The van der Waals surface area contributed by atoms with Gasteiger partial charge in [0.15, 0.2) is 0 Å². The van der Waals surface area contributed by atoms with Gasteiger partial charge in [0.1, 0.15) is 0 Å². The monoisotopic (exact) mass is 389 g/mol. The second-order valence-corrected chi connectivity index (χ2v) is 7.30. The van der Waals surface area contributed by atoms with Crippen LogP contribution in [0.15, 0.2) is 78.0 Å². The van der Waals surface area contributed by atoms with Crippen LogP contribution in [0.2, 0.25) is 0 Å². The van der Waals surface area contributed by atoms with E-state index < -0.39 is 0 Å². The summed E-state index contributed by atoms with van der Waals surface area (Å²) in [5, 5.41) is 17.8. The first-order valence-electron chi connectivity index (χ1n) is 8.96. The number of tetrazole rings is 1. The van der Waals surface area contributed by atoms with Gasteiger partial charge in [0.25, 0.3) is 0 Å². The molecule has 0 aliphatic rings. The Hall–Kier alpha value is -3.19. The van der Waals surface area contributed by atoms with Gasteiger partial charge in [0.05, 0.1) is 17.5 Å². The van der Waals surface area contributed by atoms with Crippen LogP contribution in [0.3, 0.4) is 0 Å². The highest BCUT2D eigenvalue weighted by molar-refractivity contribution is 7.99. The van der Waals surface area contributed by atoms with E-state index >= 15 is 0 Å². The molecule has 28 heavy (non-hydrogen) atoms. The molecule has 4 aromatic rings. The third-order valence-electron chi connectivity index (χ3n) is 4.45. The van der Waals surface area contributed by atoms with Crippen LogP contribution in [-0.4, -0.2) is 31.9 Å². The van der Waals surface area contributed by atoms with E-state index in [2.05, 4.69) is 33.0 Å². The van der Waals surface area contributed by atoms with Crippen LogP contribution in [0.1, 0.15) is 18.5 Å². The number of nitrogens with zero attached hydrogens (tertiary/aromatic N) is 4. The maximum absolute atomic E-state index is 12.4. The first-order chi connectivity index (χ1) is 13.7. The number of hydrogen-bond acceptors (Lipinski definition) is 5. The van der Waals surface area contributed by atoms with Crippen molar-refractivity contribution in [3.8, 4) is 5.69 Å². The van der Waals surface area contributed by atoms with E-state index in [1.165, 1.54) is 11.8 Å². The Morgan fingerprint density at radius 2 is 1.79 bits per heavy atom. The van der Waals surface area contributed by atoms with Crippen LogP contribution in [0.25, 0.3) is 16.5 Å². The first-order valence-corrected chi connectivity index (χ1v) is 9.94. The van der Waals surface area contributed by atoms with Gasteiger partial charge in [0, 0.05) is 5.39 Å². The molecule has 1 amide bonds. The van der Waals surface area contributed by atoms with Gasteiger partial charge in [-0.25, -0.2) is 0 Å². The lowest BCUT2D eigenvalue weighted by Crippen LogP contribution is -2.28. The van der Waals surface area contributed by atoms with Crippen molar-refractivity contribution in [1.82, 2.24) is 25.5 Å². The molecule has 0 saturated carbocycles. The average molecular weight is 389 g/mol. The molecule has 0 saturated heterocycles. The minimum atomic E-state index is -0.0613. The van der Waals surface area contributed by atoms with E-state index in [1.54, 1.807) is 4.68 Å². The van der Waals surface area contributed by atoms with Gasteiger partial charge >= 0.3 is 0 Å². The predicted octanol–water partition coefficient (Wildman–Crippen LogP) is 3.79. The molecule has 140 valence electrons. The zero-order valence-electron chi connectivity index (χ0n) is 15.3. The van der Waals surface area contributed by atoms with Crippen molar-refractivity contribution in [1.29, 1.82) is 0 Å². The number of amides is 1. The highest BCUT2D eigenvalue weighted by atomic mass is 32.2. The number of carbonyl (C=O) groups is 1. The number of thioether (sulfide) groups is 1. The molecular formula is C21H19N5OS. The Balaban J connectivity index is 1.47. The molecule has 0 bridgehead atoms. The fraction of sp³-hybridized carbons (Fsp3) is 0.143. The van der Waals surface area contributed by atoms with Gasteiger partial charge < -0.3 is 5.32 Å².